The second kappa shape index (κ2) is 5.11. The van der Waals surface area contributed by atoms with Crippen molar-refractivity contribution in [2.24, 2.45) is 0 Å². The smallest absolute Gasteiger partial charge is 0.109 e. The van der Waals surface area contributed by atoms with Gasteiger partial charge in [-0.15, -0.1) is 0 Å². The van der Waals surface area contributed by atoms with Gasteiger partial charge in [-0.05, 0) is 30.7 Å². The quantitative estimate of drug-likeness (QED) is 0.696. The molecule has 0 bridgehead atoms. The van der Waals surface area contributed by atoms with Gasteiger partial charge in [0, 0.05) is 41.0 Å². The summed E-state index contributed by atoms with van der Waals surface area (Å²) in [6.45, 7) is 1.08. The number of rotatable bonds is 2. The third kappa shape index (κ3) is 2.29. The molecule has 1 aromatic carbocycles. The molecule has 0 radical (unpaired) electrons. The van der Waals surface area contributed by atoms with E-state index in [0.29, 0.717) is 0 Å². The topological polar surface area (TPSA) is 30.7 Å². The first kappa shape index (κ1) is 12.8. The molecule has 21 heavy (non-hydrogen) atoms. The molecule has 0 N–H and O–H groups in total. The lowest BCUT2D eigenvalue weighted by molar-refractivity contribution is 0.750. The number of nitrogens with zero attached hydrogens (tertiary/aromatic N) is 3. The van der Waals surface area contributed by atoms with Gasteiger partial charge in [0.15, 0.2) is 0 Å². The van der Waals surface area contributed by atoms with Crippen LogP contribution in [0, 0.1) is 0 Å². The molecule has 2 aromatic heterocycles. The van der Waals surface area contributed by atoms with Crippen LogP contribution in [0.5, 0.6) is 0 Å². The van der Waals surface area contributed by atoms with Crippen molar-refractivity contribution in [1.29, 1.82) is 0 Å². The van der Waals surface area contributed by atoms with Crippen molar-refractivity contribution in [3.05, 3.63) is 59.1 Å². The van der Waals surface area contributed by atoms with Crippen LogP contribution in [-0.4, -0.2) is 14.5 Å². The zero-order valence-electron chi connectivity index (χ0n) is 11.5. The van der Waals surface area contributed by atoms with Gasteiger partial charge in [-0.3, -0.25) is 4.98 Å². The number of pyridine rings is 1. The fraction of sp³-hybridized carbons (Fsp3) is 0.176. The Morgan fingerprint density at radius 3 is 2.76 bits per heavy atom. The zero-order chi connectivity index (χ0) is 14.2. The van der Waals surface area contributed by atoms with Gasteiger partial charge < -0.3 is 4.57 Å². The summed E-state index contributed by atoms with van der Waals surface area (Å²) in [7, 11) is 0. The number of aromatic nitrogens is 3. The highest BCUT2D eigenvalue weighted by atomic mass is 79.9. The van der Waals surface area contributed by atoms with Gasteiger partial charge in [0.1, 0.15) is 5.82 Å². The second-order valence-electron chi connectivity index (χ2n) is 5.25. The van der Waals surface area contributed by atoms with Crippen molar-refractivity contribution >= 4 is 15.9 Å². The van der Waals surface area contributed by atoms with Gasteiger partial charge >= 0.3 is 0 Å². The zero-order valence-corrected chi connectivity index (χ0v) is 13.0. The summed E-state index contributed by atoms with van der Waals surface area (Å²) in [4.78, 5) is 9.35. The van der Waals surface area contributed by atoms with Crippen molar-refractivity contribution in [3.8, 4) is 22.5 Å². The predicted octanol–water partition coefficient (Wildman–Crippen LogP) is 4.32. The van der Waals surface area contributed by atoms with Crippen molar-refractivity contribution in [2.45, 2.75) is 19.4 Å². The molecule has 0 saturated carbocycles. The average Bonchev–Trinajstić information content (AvgIpc) is 3.09. The minimum atomic E-state index is 0.988. The van der Waals surface area contributed by atoms with Crippen LogP contribution < -0.4 is 0 Å². The lowest BCUT2D eigenvalue weighted by Crippen LogP contribution is -1.90. The molecule has 3 nitrogen and oxygen atoms in total. The molecule has 104 valence electrons. The molecular formula is C17H14BrN3. The molecule has 0 unspecified atom stereocenters. The van der Waals surface area contributed by atoms with E-state index in [0.717, 1.165) is 40.0 Å². The molecule has 1 aliphatic heterocycles. The predicted molar refractivity (Wildman–Crippen MR) is 86.9 cm³/mol. The third-order valence-electron chi connectivity index (χ3n) is 3.86. The van der Waals surface area contributed by atoms with Gasteiger partial charge in [-0.1, -0.05) is 28.1 Å². The Hall–Kier alpha value is -1.94. The Morgan fingerprint density at radius 1 is 1.10 bits per heavy atom. The number of benzene rings is 1. The Bertz CT molecular complexity index is 769. The standard InChI is InChI=1S/C17H14BrN3/c18-13-7-5-12(6-8-13)17-14(3-1-9-19-17)15-11-21-10-2-4-16(21)20-15/h1,3,5-9,11H,2,4,10H2. The van der Waals surface area contributed by atoms with E-state index in [2.05, 4.69) is 49.9 Å². The number of hydrogen-bond donors (Lipinski definition) is 0. The largest absolute Gasteiger partial charge is 0.334 e. The lowest BCUT2D eigenvalue weighted by Gasteiger charge is -2.06. The van der Waals surface area contributed by atoms with Gasteiger partial charge in [0.05, 0.1) is 11.4 Å². The normalized spacial score (nSPS) is 13.4. The minimum absolute atomic E-state index is 0.988. The molecule has 4 rings (SSSR count). The fourth-order valence-corrected chi connectivity index (χ4v) is 3.10. The first-order valence-corrected chi connectivity index (χ1v) is 7.88. The highest BCUT2D eigenvalue weighted by molar-refractivity contribution is 9.10. The average molecular weight is 340 g/mol. The van der Waals surface area contributed by atoms with E-state index in [9.17, 15) is 0 Å². The van der Waals surface area contributed by atoms with Crippen molar-refractivity contribution < 1.29 is 0 Å². The Labute approximate surface area is 131 Å². The SMILES string of the molecule is Brc1ccc(-c2ncccc2-c2cn3c(n2)CCC3)cc1. The fourth-order valence-electron chi connectivity index (χ4n) is 2.83. The van der Waals surface area contributed by atoms with Crippen molar-refractivity contribution in [3.63, 3.8) is 0 Å². The molecule has 3 heterocycles. The number of halogens is 1. The molecular weight excluding hydrogens is 326 g/mol. The van der Waals surface area contributed by atoms with Gasteiger partial charge in [0.2, 0.25) is 0 Å². The number of fused-ring (bicyclic) bond motifs is 1. The number of imidazole rings is 1. The first-order valence-electron chi connectivity index (χ1n) is 7.08. The van der Waals surface area contributed by atoms with E-state index in [-0.39, 0.29) is 0 Å². The highest BCUT2D eigenvalue weighted by Crippen LogP contribution is 2.31. The summed E-state index contributed by atoms with van der Waals surface area (Å²) in [6, 6.07) is 12.3. The van der Waals surface area contributed by atoms with Crippen LogP contribution in [0.2, 0.25) is 0 Å². The highest BCUT2D eigenvalue weighted by Gasteiger charge is 2.17. The van der Waals surface area contributed by atoms with E-state index in [1.165, 1.54) is 12.2 Å². The molecule has 0 fully saturated rings. The van der Waals surface area contributed by atoms with E-state index >= 15 is 0 Å². The molecule has 0 amide bonds. The number of hydrogen-bond acceptors (Lipinski definition) is 2. The monoisotopic (exact) mass is 339 g/mol. The maximum atomic E-state index is 4.78. The molecule has 4 heteroatoms. The van der Waals surface area contributed by atoms with Crippen LogP contribution in [0.1, 0.15) is 12.2 Å². The molecule has 3 aromatic rings. The summed E-state index contributed by atoms with van der Waals surface area (Å²) in [5.41, 5.74) is 4.22. The Balaban J connectivity index is 1.83. The van der Waals surface area contributed by atoms with Crippen LogP contribution in [0.15, 0.2) is 53.3 Å². The number of aryl methyl sites for hydroxylation is 2. The minimum Gasteiger partial charge on any atom is -0.334 e. The third-order valence-corrected chi connectivity index (χ3v) is 4.39. The van der Waals surface area contributed by atoms with Crippen LogP contribution in [0.4, 0.5) is 0 Å². The van der Waals surface area contributed by atoms with E-state index in [1.54, 1.807) is 0 Å². The summed E-state index contributed by atoms with van der Waals surface area (Å²) < 4.78 is 3.33. The van der Waals surface area contributed by atoms with Crippen LogP contribution >= 0.6 is 15.9 Å². The maximum absolute atomic E-state index is 4.78. The Kier molecular flexibility index (Phi) is 3.11. The van der Waals surface area contributed by atoms with Crippen molar-refractivity contribution in [1.82, 2.24) is 14.5 Å². The summed E-state index contributed by atoms with van der Waals surface area (Å²) in [5.74, 6) is 1.19. The molecule has 1 aliphatic rings. The van der Waals surface area contributed by atoms with Crippen LogP contribution in [-0.2, 0) is 13.0 Å². The first-order chi connectivity index (χ1) is 10.3. The summed E-state index contributed by atoms with van der Waals surface area (Å²) >= 11 is 3.48. The molecule has 0 saturated heterocycles. The lowest BCUT2D eigenvalue weighted by atomic mass is 10.0. The molecule has 0 atom stereocenters. The maximum Gasteiger partial charge on any atom is 0.109 e. The van der Waals surface area contributed by atoms with Gasteiger partial charge in [-0.2, -0.15) is 0 Å². The molecule has 0 aliphatic carbocycles. The second-order valence-corrected chi connectivity index (χ2v) is 6.16. The van der Waals surface area contributed by atoms with Crippen molar-refractivity contribution in [2.75, 3.05) is 0 Å². The van der Waals surface area contributed by atoms with Crippen LogP contribution in [0.3, 0.4) is 0 Å². The van der Waals surface area contributed by atoms with E-state index in [4.69, 9.17) is 4.98 Å². The van der Waals surface area contributed by atoms with Crippen LogP contribution in [0.25, 0.3) is 22.5 Å². The summed E-state index contributed by atoms with van der Waals surface area (Å²) in [6.07, 6.45) is 6.27. The molecule has 0 spiro atoms. The Morgan fingerprint density at radius 2 is 1.95 bits per heavy atom. The van der Waals surface area contributed by atoms with Gasteiger partial charge in [-0.25, -0.2) is 4.98 Å². The van der Waals surface area contributed by atoms with E-state index in [1.807, 2.05) is 24.4 Å². The van der Waals surface area contributed by atoms with Gasteiger partial charge in [0.25, 0.3) is 0 Å². The summed E-state index contributed by atoms with van der Waals surface area (Å²) in [5, 5.41) is 0. The van der Waals surface area contributed by atoms with E-state index < -0.39 is 0 Å².